The van der Waals surface area contributed by atoms with Crippen LogP contribution < -0.4 is 5.32 Å². The predicted octanol–water partition coefficient (Wildman–Crippen LogP) is 3.34. The summed E-state index contributed by atoms with van der Waals surface area (Å²) < 4.78 is 5.41. The van der Waals surface area contributed by atoms with Crippen LogP contribution in [0, 0.1) is 13.8 Å². The first kappa shape index (κ1) is 18.7. The second-order valence-corrected chi connectivity index (χ2v) is 8.48. The number of rotatable bonds is 3. The highest BCUT2D eigenvalue weighted by atomic mass is 32.1. The van der Waals surface area contributed by atoms with Gasteiger partial charge in [0.15, 0.2) is 0 Å². The van der Waals surface area contributed by atoms with Crippen LogP contribution in [0.5, 0.6) is 0 Å². The highest BCUT2D eigenvalue weighted by molar-refractivity contribution is 7.11. The molecule has 0 spiro atoms. The minimum Gasteiger partial charge on any atom is -0.444 e. The number of hydrogen-bond acceptors (Lipinski definition) is 5. The number of hydrogen-bond donors (Lipinski definition) is 1. The van der Waals surface area contributed by atoms with E-state index in [4.69, 9.17) is 4.74 Å². The van der Waals surface area contributed by atoms with Crippen molar-refractivity contribution in [2.45, 2.75) is 72.1 Å². The molecule has 1 aromatic rings. The van der Waals surface area contributed by atoms with Gasteiger partial charge >= 0.3 is 6.09 Å². The number of ether oxygens (including phenoxy) is 1. The Kier molecular flexibility index (Phi) is 5.52. The molecule has 7 heteroatoms. The number of aromatic nitrogens is 1. The summed E-state index contributed by atoms with van der Waals surface area (Å²) in [6.45, 7) is 11.9. The summed E-state index contributed by atoms with van der Waals surface area (Å²) in [6, 6.07) is -0.582. The number of carbonyl (C=O) groups is 2. The van der Waals surface area contributed by atoms with E-state index in [1.54, 1.807) is 11.3 Å². The molecular weight excluding hydrogens is 326 g/mol. The van der Waals surface area contributed by atoms with Crippen molar-refractivity contribution < 1.29 is 14.3 Å². The van der Waals surface area contributed by atoms with Gasteiger partial charge in [0.2, 0.25) is 5.91 Å². The van der Waals surface area contributed by atoms with Crippen LogP contribution in [-0.2, 0) is 9.53 Å². The van der Waals surface area contributed by atoms with E-state index in [1.165, 1.54) is 4.90 Å². The highest BCUT2D eigenvalue weighted by Gasteiger charge is 2.37. The van der Waals surface area contributed by atoms with Crippen LogP contribution in [0.3, 0.4) is 0 Å². The van der Waals surface area contributed by atoms with Crippen molar-refractivity contribution in [1.82, 2.24) is 15.2 Å². The number of thiazole rings is 1. The van der Waals surface area contributed by atoms with Gasteiger partial charge in [0.05, 0.1) is 16.7 Å². The minimum absolute atomic E-state index is 0.121. The molecule has 0 unspecified atom stereocenters. The Hall–Kier alpha value is -1.63. The lowest BCUT2D eigenvalue weighted by atomic mass is 10.1. The predicted molar refractivity (Wildman–Crippen MR) is 94.1 cm³/mol. The maximum atomic E-state index is 12.7. The summed E-state index contributed by atoms with van der Waals surface area (Å²) >= 11 is 1.59. The second kappa shape index (κ2) is 7.09. The van der Waals surface area contributed by atoms with Gasteiger partial charge in [-0.2, -0.15) is 0 Å². The first-order chi connectivity index (χ1) is 11.1. The summed E-state index contributed by atoms with van der Waals surface area (Å²) in [5.74, 6) is -0.128. The Labute approximate surface area is 147 Å². The Balaban J connectivity index is 2.03. The molecule has 1 saturated heterocycles. The largest absolute Gasteiger partial charge is 0.444 e. The molecule has 134 valence electrons. The maximum absolute atomic E-state index is 12.7. The van der Waals surface area contributed by atoms with E-state index in [0.717, 1.165) is 22.0 Å². The van der Waals surface area contributed by atoms with Crippen LogP contribution in [0.2, 0.25) is 0 Å². The van der Waals surface area contributed by atoms with E-state index in [0.29, 0.717) is 13.0 Å². The Morgan fingerprint density at radius 1 is 1.38 bits per heavy atom. The van der Waals surface area contributed by atoms with Crippen molar-refractivity contribution in [3.63, 3.8) is 0 Å². The topological polar surface area (TPSA) is 71.5 Å². The van der Waals surface area contributed by atoms with E-state index in [9.17, 15) is 9.59 Å². The Bertz CT molecular complexity index is 621. The monoisotopic (exact) mass is 353 g/mol. The fourth-order valence-electron chi connectivity index (χ4n) is 2.90. The molecule has 1 fully saturated rings. The summed E-state index contributed by atoms with van der Waals surface area (Å²) in [6.07, 6.45) is 1.06. The zero-order valence-corrected chi connectivity index (χ0v) is 16.1. The first-order valence-corrected chi connectivity index (χ1v) is 9.14. The fourth-order valence-corrected chi connectivity index (χ4v) is 3.83. The zero-order chi connectivity index (χ0) is 18.1. The number of likely N-dealkylation sites (tertiary alicyclic amines) is 1. The van der Waals surface area contributed by atoms with E-state index in [2.05, 4.69) is 10.3 Å². The van der Waals surface area contributed by atoms with Crippen molar-refractivity contribution in [2.75, 3.05) is 6.54 Å². The van der Waals surface area contributed by atoms with E-state index in [1.807, 2.05) is 41.5 Å². The van der Waals surface area contributed by atoms with Gasteiger partial charge in [-0.25, -0.2) is 9.78 Å². The van der Waals surface area contributed by atoms with Crippen molar-refractivity contribution in [1.29, 1.82) is 0 Å². The number of amides is 2. The van der Waals surface area contributed by atoms with Gasteiger partial charge in [-0.15, -0.1) is 11.3 Å². The van der Waals surface area contributed by atoms with E-state index < -0.39 is 17.7 Å². The molecule has 2 rings (SSSR count). The molecule has 0 saturated carbocycles. The third kappa shape index (κ3) is 4.47. The molecule has 1 N–H and O–H groups in total. The minimum atomic E-state index is -0.564. The fraction of sp³-hybridized carbons (Fsp3) is 0.706. The van der Waals surface area contributed by atoms with Crippen LogP contribution >= 0.6 is 11.3 Å². The average molecular weight is 353 g/mol. The molecule has 0 aliphatic carbocycles. The third-order valence-electron chi connectivity index (χ3n) is 3.87. The molecular formula is C17H27N3O3S. The van der Waals surface area contributed by atoms with Gasteiger partial charge in [0.1, 0.15) is 11.6 Å². The normalized spacial score (nSPS) is 19.2. The smallest absolute Gasteiger partial charge is 0.410 e. The zero-order valence-electron chi connectivity index (χ0n) is 15.3. The van der Waals surface area contributed by atoms with Gasteiger partial charge in [-0.1, -0.05) is 0 Å². The Morgan fingerprint density at radius 2 is 2.04 bits per heavy atom. The molecule has 24 heavy (non-hydrogen) atoms. The number of nitrogens with zero attached hydrogens (tertiary/aromatic N) is 2. The highest BCUT2D eigenvalue weighted by Crippen LogP contribution is 2.26. The molecule has 2 amide bonds. The van der Waals surface area contributed by atoms with Gasteiger partial charge in [0, 0.05) is 11.4 Å². The van der Waals surface area contributed by atoms with Crippen LogP contribution in [-0.4, -0.2) is 40.1 Å². The van der Waals surface area contributed by atoms with Crippen LogP contribution in [0.25, 0.3) is 0 Å². The quantitative estimate of drug-likeness (QED) is 0.905. The van der Waals surface area contributed by atoms with Crippen molar-refractivity contribution in [3.8, 4) is 0 Å². The van der Waals surface area contributed by atoms with Crippen molar-refractivity contribution in [3.05, 3.63) is 15.6 Å². The van der Waals surface area contributed by atoms with E-state index >= 15 is 0 Å². The maximum Gasteiger partial charge on any atom is 0.410 e. The molecule has 2 atom stereocenters. The molecule has 0 aromatic carbocycles. The summed E-state index contributed by atoms with van der Waals surface area (Å²) in [5, 5.41) is 4.01. The first-order valence-electron chi connectivity index (χ1n) is 8.32. The van der Waals surface area contributed by atoms with Gasteiger partial charge in [-0.3, -0.25) is 9.69 Å². The summed E-state index contributed by atoms with van der Waals surface area (Å²) in [5.41, 5.74) is 0.381. The third-order valence-corrected chi connectivity index (χ3v) is 5.13. The standard InChI is InChI=1S/C17H27N3O3S/c1-10-14(24-12(3)18-10)11(2)19-15(21)13-8-7-9-20(13)16(22)23-17(4,5)6/h11,13H,7-9H2,1-6H3,(H,19,21)/t11-,13-/m1/s1. The molecule has 1 aliphatic rings. The van der Waals surface area contributed by atoms with Crippen LogP contribution in [0.4, 0.5) is 4.79 Å². The molecule has 1 aromatic heterocycles. The van der Waals surface area contributed by atoms with Gasteiger partial charge < -0.3 is 10.1 Å². The summed E-state index contributed by atoms with van der Waals surface area (Å²) in [7, 11) is 0. The number of aryl methyl sites for hydroxylation is 2. The van der Waals surface area contributed by atoms with Crippen LogP contribution in [0.15, 0.2) is 0 Å². The number of nitrogens with one attached hydrogen (secondary N) is 1. The second-order valence-electron chi connectivity index (χ2n) is 7.24. The van der Waals surface area contributed by atoms with Gasteiger partial charge in [-0.05, 0) is 54.4 Å². The SMILES string of the molecule is Cc1nc(C)c([C@@H](C)NC(=O)[C@H]2CCCN2C(=O)OC(C)(C)C)s1. The lowest BCUT2D eigenvalue weighted by Gasteiger charge is -2.28. The molecule has 1 aliphatic heterocycles. The van der Waals surface area contributed by atoms with Crippen molar-refractivity contribution >= 4 is 23.3 Å². The summed E-state index contributed by atoms with van der Waals surface area (Å²) in [4.78, 5) is 32.0. The lowest BCUT2D eigenvalue weighted by Crippen LogP contribution is -2.48. The lowest BCUT2D eigenvalue weighted by molar-refractivity contribution is -0.126. The van der Waals surface area contributed by atoms with E-state index in [-0.39, 0.29) is 11.9 Å². The van der Waals surface area contributed by atoms with Crippen LogP contribution in [0.1, 0.15) is 62.2 Å². The molecule has 6 nitrogen and oxygen atoms in total. The Morgan fingerprint density at radius 3 is 2.58 bits per heavy atom. The molecule has 2 heterocycles. The molecule has 0 radical (unpaired) electrons. The molecule has 0 bridgehead atoms. The van der Waals surface area contributed by atoms with Gasteiger partial charge in [0.25, 0.3) is 0 Å². The van der Waals surface area contributed by atoms with Crippen molar-refractivity contribution in [2.24, 2.45) is 0 Å². The number of carbonyl (C=O) groups excluding carboxylic acids is 2. The average Bonchev–Trinajstić information content (AvgIpc) is 3.03.